The number of carbonyl (C=O) groups excluding carboxylic acids is 1. The Morgan fingerprint density at radius 1 is 1.03 bits per heavy atom. The summed E-state index contributed by atoms with van der Waals surface area (Å²) in [7, 11) is 0. The molecule has 4 fully saturated rings. The lowest BCUT2D eigenvalue weighted by atomic mass is 9.51. The third kappa shape index (κ3) is 2.87. The van der Waals surface area contributed by atoms with E-state index < -0.39 is 11.4 Å². The zero-order valence-corrected chi connectivity index (χ0v) is 18.8. The molecule has 4 nitrogen and oxygen atoms in total. The molecule has 4 heteroatoms. The van der Waals surface area contributed by atoms with Crippen molar-refractivity contribution in [3.8, 4) is 0 Å². The van der Waals surface area contributed by atoms with E-state index in [1.165, 1.54) is 22.3 Å². The van der Waals surface area contributed by atoms with Crippen LogP contribution in [-0.4, -0.2) is 35.5 Å². The van der Waals surface area contributed by atoms with Crippen molar-refractivity contribution in [2.45, 2.75) is 82.5 Å². The first kappa shape index (κ1) is 20.1. The van der Waals surface area contributed by atoms with Gasteiger partial charge < -0.3 is 14.6 Å². The van der Waals surface area contributed by atoms with E-state index in [-0.39, 0.29) is 11.3 Å². The highest BCUT2D eigenvalue weighted by molar-refractivity contribution is 5.87. The average Bonchev–Trinajstić information content (AvgIpc) is 3.31. The van der Waals surface area contributed by atoms with Crippen LogP contribution >= 0.6 is 0 Å². The van der Waals surface area contributed by atoms with Crippen molar-refractivity contribution in [1.82, 2.24) is 0 Å². The Labute approximate surface area is 185 Å². The standard InChI is InChI=1S/C27H34O4/c1-17-3-5-18(6-4-17)20-15-25(2)21(7-8-23(25)28)19-9-11-26(29)16-27(30-13-14-31-27)12-10-22(26)24(19)20/h3-6,19-21,29H,7-16H2,1-2H3. The molecule has 0 radical (unpaired) electrons. The van der Waals surface area contributed by atoms with Crippen LogP contribution in [0.25, 0.3) is 0 Å². The van der Waals surface area contributed by atoms with Crippen molar-refractivity contribution in [2.24, 2.45) is 17.3 Å². The predicted molar refractivity (Wildman–Crippen MR) is 118 cm³/mol. The fraction of sp³-hybridized carbons (Fsp3) is 0.667. The van der Waals surface area contributed by atoms with Gasteiger partial charge in [0.1, 0.15) is 5.78 Å². The number of hydrogen-bond donors (Lipinski definition) is 1. The summed E-state index contributed by atoms with van der Waals surface area (Å²) in [4.78, 5) is 13.1. The minimum absolute atomic E-state index is 0.218. The van der Waals surface area contributed by atoms with Crippen LogP contribution in [0.15, 0.2) is 35.4 Å². The number of ketones is 1. The summed E-state index contributed by atoms with van der Waals surface area (Å²) in [5.41, 5.74) is 4.20. The summed E-state index contributed by atoms with van der Waals surface area (Å²) in [5.74, 6) is 0.900. The molecule has 1 aromatic carbocycles. The second-order valence-electron chi connectivity index (χ2n) is 11.0. The maximum absolute atomic E-state index is 13.1. The molecule has 0 aromatic heterocycles. The SMILES string of the molecule is Cc1ccc(C2CC3(C)C(=O)CCC3C3CCC4(O)CC5(CCC4=C23)OCCO5)cc1. The third-order valence-corrected chi connectivity index (χ3v) is 9.42. The van der Waals surface area contributed by atoms with Gasteiger partial charge in [-0.2, -0.15) is 0 Å². The van der Waals surface area contributed by atoms with Gasteiger partial charge in [0.15, 0.2) is 5.79 Å². The molecular formula is C27H34O4. The van der Waals surface area contributed by atoms with Gasteiger partial charge in [0.05, 0.1) is 18.8 Å². The van der Waals surface area contributed by atoms with Gasteiger partial charge in [0.25, 0.3) is 0 Å². The van der Waals surface area contributed by atoms with Crippen molar-refractivity contribution in [3.63, 3.8) is 0 Å². The lowest BCUT2D eigenvalue weighted by Gasteiger charge is -2.55. The molecule has 1 saturated heterocycles. The summed E-state index contributed by atoms with van der Waals surface area (Å²) >= 11 is 0. The van der Waals surface area contributed by atoms with Crippen LogP contribution in [0.2, 0.25) is 0 Å². The zero-order chi connectivity index (χ0) is 21.4. The fourth-order valence-corrected chi connectivity index (χ4v) is 7.88. The van der Waals surface area contributed by atoms with Crippen LogP contribution in [0.1, 0.15) is 75.3 Å². The smallest absolute Gasteiger partial charge is 0.171 e. The topological polar surface area (TPSA) is 55.8 Å². The Kier molecular flexibility index (Phi) is 4.39. The molecule has 6 rings (SSSR count). The molecule has 1 spiro atoms. The van der Waals surface area contributed by atoms with Crippen LogP contribution in [0.5, 0.6) is 0 Å². The van der Waals surface area contributed by atoms with Gasteiger partial charge >= 0.3 is 0 Å². The molecule has 166 valence electrons. The second-order valence-corrected chi connectivity index (χ2v) is 11.0. The first-order valence-electron chi connectivity index (χ1n) is 12.2. The third-order valence-electron chi connectivity index (χ3n) is 9.42. The predicted octanol–water partition coefficient (Wildman–Crippen LogP) is 4.83. The molecule has 4 aliphatic carbocycles. The van der Waals surface area contributed by atoms with Crippen molar-refractivity contribution in [2.75, 3.05) is 13.2 Å². The van der Waals surface area contributed by atoms with Gasteiger partial charge in [-0.3, -0.25) is 4.79 Å². The molecule has 5 unspecified atom stereocenters. The van der Waals surface area contributed by atoms with E-state index in [4.69, 9.17) is 9.47 Å². The average molecular weight is 423 g/mol. The Bertz CT molecular complexity index is 940. The first-order chi connectivity index (χ1) is 14.8. The van der Waals surface area contributed by atoms with Crippen molar-refractivity contribution in [1.29, 1.82) is 0 Å². The fourth-order valence-electron chi connectivity index (χ4n) is 7.88. The van der Waals surface area contributed by atoms with E-state index in [1.54, 1.807) is 0 Å². The number of allylic oxidation sites excluding steroid dienone is 1. The second kappa shape index (κ2) is 6.76. The quantitative estimate of drug-likeness (QED) is 0.659. The zero-order valence-electron chi connectivity index (χ0n) is 18.8. The van der Waals surface area contributed by atoms with Crippen LogP contribution in [0.4, 0.5) is 0 Å². The highest BCUT2D eigenvalue weighted by Gasteiger charge is 2.60. The number of carbonyl (C=O) groups is 1. The number of hydrogen-bond acceptors (Lipinski definition) is 4. The Hall–Kier alpha value is -1.49. The molecule has 1 aromatic rings. The Morgan fingerprint density at radius 2 is 1.77 bits per heavy atom. The molecule has 5 atom stereocenters. The Balaban J connectivity index is 1.48. The molecule has 0 bridgehead atoms. The molecule has 1 aliphatic heterocycles. The summed E-state index contributed by atoms with van der Waals surface area (Å²) < 4.78 is 12.0. The highest BCUT2D eigenvalue weighted by Crippen LogP contribution is 2.64. The molecule has 3 saturated carbocycles. The van der Waals surface area contributed by atoms with Crippen LogP contribution < -0.4 is 0 Å². The van der Waals surface area contributed by atoms with Crippen molar-refractivity contribution >= 4 is 5.78 Å². The van der Waals surface area contributed by atoms with Crippen LogP contribution in [0, 0.1) is 24.2 Å². The van der Waals surface area contributed by atoms with Crippen molar-refractivity contribution < 1.29 is 19.4 Å². The molecule has 1 N–H and O–H groups in total. The van der Waals surface area contributed by atoms with E-state index in [1.807, 2.05) is 0 Å². The minimum atomic E-state index is -0.840. The maximum Gasteiger partial charge on any atom is 0.171 e. The minimum Gasteiger partial charge on any atom is -0.385 e. The Morgan fingerprint density at radius 3 is 2.52 bits per heavy atom. The number of benzene rings is 1. The van der Waals surface area contributed by atoms with Crippen molar-refractivity contribution in [3.05, 3.63) is 46.5 Å². The molecule has 0 amide bonds. The van der Waals surface area contributed by atoms with Gasteiger partial charge in [0, 0.05) is 30.6 Å². The summed E-state index contributed by atoms with van der Waals surface area (Å²) in [6.45, 7) is 5.60. The van der Waals surface area contributed by atoms with Gasteiger partial charge in [-0.1, -0.05) is 42.3 Å². The van der Waals surface area contributed by atoms with Gasteiger partial charge in [-0.05, 0) is 62.0 Å². The number of ether oxygens (including phenoxy) is 2. The molecule has 1 heterocycles. The van der Waals surface area contributed by atoms with E-state index in [0.29, 0.717) is 37.3 Å². The van der Waals surface area contributed by atoms with Crippen LogP contribution in [-0.2, 0) is 14.3 Å². The van der Waals surface area contributed by atoms with E-state index in [0.717, 1.165) is 44.9 Å². The number of Topliss-reactive ketones (excluding diaryl/α,β-unsaturated/α-hetero) is 1. The monoisotopic (exact) mass is 422 g/mol. The molecular weight excluding hydrogens is 388 g/mol. The highest BCUT2D eigenvalue weighted by atomic mass is 16.7. The number of aryl methyl sites for hydroxylation is 1. The first-order valence-corrected chi connectivity index (χ1v) is 12.2. The number of rotatable bonds is 1. The number of aliphatic hydroxyl groups is 1. The van der Waals surface area contributed by atoms with Gasteiger partial charge in [-0.25, -0.2) is 0 Å². The molecule has 31 heavy (non-hydrogen) atoms. The number of fused-ring (bicyclic) bond motifs is 4. The summed E-state index contributed by atoms with van der Waals surface area (Å²) in [6, 6.07) is 8.86. The van der Waals surface area contributed by atoms with E-state index >= 15 is 0 Å². The van der Waals surface area contributed by atoms with Crippen LogP contribution in [0.3, 0.4) is 0 Å². The summed E-state index contributed by atoms with van der Waals surface area (Å²) in [5, 5.41) is 11.9. The lowest BCUT2D eigenvalue weighted by molar-refractivity contribution is -0.208. The normalized spacial score (nSPS) is 41.3. The van der Waals surface area contributed by atoms with E-state index in [2.05, 4.69) is 38.1 Å². The summed E-state index contributed by atoms with van der Waals surface area (Å²) in [6.07, 6.45) is 6.52. The maximum atomic E-state index is 13.1. The largest absolute Gasteiger partial charge is 0.385 e. The molecule has 5 aliphatic rings. The lowest BCUT2D eigenvalue weighted by Crippen LogP contribution is -2.53. The van der Waals surface area contributed by atoms with E-state index in [9.17, 15) is 9.90 Å². The van der Waals surface area contributed by atoms with Gasteiger partial charge in [-0.15, -0.1) is 0 Å². The van der Waals surface area contributed by atoms with Gasteiger partial charge in [0.2, 0.25) is 0 Å².